The van der Waals surface area contributed by atoms with Crippen LogP contribution in [0.5, 0.6) is 0 Å². The topological polar surface area (TPSA) is 20.3 Å². The zero-order chi connectivity index (χ0) is 12.1. The van der Waals surface area contributed by atoms with Crippen LogP contribution in [-0.4, -0.2) is 29.7 Å². The van der Waals surface area contributed by atoms with Crippen LogP contribution in [0.15, 0.2) is 18.2 Å². The van der Waals surface area contributed by atoms with E-state index in [0.29, 0.717) is 12.1 Å². The number of carbonyl (C=O) groups is 1. The van der Waals surface area contributed by atoms with Crippen LogP contribution in [0, 0.1) is 5.82 Å². The molecule has 0 N–H and O–H groups in total. The second-order valence-electron chi connectivity index (χ2n) is 3.39. The molecule has 0 aromatic heterocycles. The molecule has 0 atom stereocenters. The molecule has 0 aliphatic carbocycles. The predicted octanol–water partition coefficient (Wildman–Crippen LogP) is 3.34. The molecule has 0 heterocycles. The Hall–Kier alpha value is -0.610. The average molecular weight is 309 g/mol. The van der Waals surface area contributed by atoms with Gasteiger partial charge in [-0.1, -0.05) is 27.5 Å². The molecule has 1 rings (SSSR count). The van der Waals surface area contributed by atoms with Crippen LogP contribution < -0.4 is 0 Å². The Morgan fingerprint density at radius 3 is 2.81 bits per heavy atom. The first-order valence-electron chi connectivity index (χ1n) is 4.82. The maximum Gasteiger partial charge on any atom is 0.255 e. The Kier molecular flexibility index (Phi) is 5.22. The molecule has 88 valence electrons. The first-order valence-corrected chi connectivity index (χ1v) is 6.32. The minimum absolute atomic E-state index is 0.149. The zero-order valence-corrected chi connectivity index (χ0v) is 11.2. The van der Waals surface area contributed by atoms with Crippen LogP contribution in [0.3, 0.4) is 0 Å². The normalized spacial score (nSPS) is 10.2. The minimum Gasteiger partial charge on any atom is -0.342 e. The van der Waals surface area contributed by atoms with Gasteiger partial charge in [-0.2, -0.15) is 0 Å². The second kappa shape index (κ2) is 6.21. The number of nitrogens with zero attached hydrogens (tertiary/aromatic N) is 1. The summed E-state index contributed by atoms with van der Waals surface area (Å²) in [6.45, 7) is 0.637. The van der Waals surface area contributed by atoms with E-state index in [4.69, 9.17) is 11.6 Å². The summed E-state index contributed by atoms with van der Waals surface area (Å²) < 4.78 is 12.8. The highest BCUT2D eigenvalue weighted by atomic mass is 79.9. The third-order valence-corrected chi connectivity index (χ3v) is 3.01. The predicted molar refractivity (Wildman–Crippen MR) is 66.8 cm³/mol. The number of benzene rings is 1. The Morgan fingerprint density at radius 2 is 2.25 bits per heavy atom. The lowest BCUT2D eigenvalue weighted by Crippen LogP contribution is -2.28. The summed E-state index contributed by atoms with van der Waals surface area (Å²) in [6.07, 6.45) is 0.862. The van der Waals surface area contributed by atoms with Gasteiger partial charge in [0, 0.05) is 18.9 Å². The average Bonchev–Trinajstić information content (AvgIpc) is 2.25. The molecule has 2 nitrogen and oxygen atoms in total. The van der Waals surface area contributed by atoms with E-state index >= 15 is 0 Å². The molecule has 1 aromatic rings. The van der Waals surface area contributed by atoms with Crippen molar-refractivity contribution in [1.82, 2.24) is 4.90 Å². The van der Waals surface area contributed by atoms with Crippen molar-refractivity contribution >= 4 is 33.4 Å². The molecular weight excluding hydrogens is 296 g/mol. The van der Waals surface area contributed by atoms with Gasteiger partial charge in [0.2, 0.25) is 0 Å². The monoisotopic (exact) mass is 307 g/mol. The Balaban J connectivity index is 2.79. The molecule has 0 spiro atoms. The molecule has 0 unspecified atom stereocenters. The van der Waals surface area contributed by atoms with Crippen molar-refractivity contribution < 1.29 is 9.18 Å². The van der Waals surface area contributed by atoms with Gasteiger partial charge < -0.3 is 4.90 Å². The van der Waals surface area contributed by atoms with Crippen LogP contribution in [0.4, 0.5) is 4.39 Å². The lowest BCUT2D eigenvalue weighted by atomic mass is 10.2. The number of hydrogen-bond acceptors (Lipinski definition) is 1. The smallest absolute Gasteiger partial charge is 0.255 e. The van der Waals surface area contributed by atoms with Crippen LogP contribution >= 0.6 is 27.5 Å². The molecule has 0 fully saturated rings. The third-order valence-electron chi connectivity index (χ3n) is 2.14. The van der Waals surface area contributed by atoms with Gasteiger partial charge in [0.05, 0.1) is 10.6 Å². The summed E-state index contributed by atoms with van der Waals surface area (Å²) >= 11 is 9.10. The van der Waals surface area contributed by atoms with Crippen molar-refractivity contribution in [2.75, 3.05) is 18.9 Å². The summed E-state index contributed by atoms with van der Waals surface area (Å²) in [5, 5.41) is 0.984. The van der Waals surface area contributed by atoms with E-state index in [-0.39, 0.29) is 10.9 Å². The fraction of sp³-hybridized carbons (Fsp3) is 0.364. The molecule has 0 radical (unpaired) electrons. The summed E-state index contributed by atoms with van der Waals surface area (Å²) in [4.78, 5) is 13.5. The highest BCUT2D eigenvalue weighted by Crippen LogP contribution is 2.18. The quantitative estimate of drug-likeness (QED) is 0.781. The maximum absolute atomic E-state index is 12.8. The van der Waals surface area contributed by atoms with E-state index in [2.05, 4.69) is 15.9 Å². The second-order valence-corrected chi connectivity index (χ2v) is 4.59. The van der Waals surface area contributed by atoms with Crippen molar-refractivity contribution in [1.29, 1.82) is 0 Å². The van der Waals surface area contributed by atoms with Gasteiger partial charge in [0.25, 0.3) is 5.91 Å². The van der Waals surface area contributed by atoms with Crippen LogP contribution in [0.25, 0.3) is 0 Å². The maximum atomic E-state index is 12.8. The number of carbonyl (C=O) groups excluding carboxylic acids is 1. The number of amides is 1. The minimum atomic E-state index is -0.440. The van der Waals surface area contributed by atoms with Crippen molar-refractivity contribution in [3.63, 3.8) is 0 Å². The Labute approximate surface area is 108 Å². The fourth-order valence-corrected chi connectivity index (χ4v) is 1.77. The SMILES string of the molecule is CN(CCCBr)C(=O)c1ccc(F)cc1Cl. The molecule has 0 saturated heterocycles. The molecular formula is C11H12BrClFNO. The standard InChI is InChI=1S/C11H12BrClFNO/c1-15(6-2-5-12)11(16)9-4-3-8(14)7-10(9)13/h3-4,7H,2,5-6H2,1H3. The van der Waals surface area contributed by atoms with Crippen molar-refractivity contribution in [3.05, 3.63) is 34.6 Å². The van der Waals surface area contributed by atoms with Gasteiger partial charge in [-0.15, -0.1) is 0 Å². The Morgan fingerprint density at radius 1 is 1.56 bits per heavy atom. The van der Waals surface area contributed by atoms with E-state index in [9.17, 15) is 9.18 Å². The first-order chi connectivity index (χ1) is 7.56. The van der Waals surface area contributed by atoms with Gasteiger partial charge in [-0.05, 0) is 24.6 Å². The molecule has 1 amide bonds. The highest BCUT2D eigenvalue weighted by molar-refractivity contribution is 9.09. The zero-order valence-electron chi connectivity index (χ0n) is 8.84. The summed E-state index contributed by atoms with van der Waals surface area (Å²) in [7, 11) is 1.70. The summed E-state index contributed by atoms with van der Waals surface area (Å²) in [5.74, 6) is -0.629. The van der Waals surface area contributed by atoms with Gasteiger partial charge >= 0.3 is 0 Å². The van der Waals surface area contributed by atoms with Gasteiger partial charge in [0.1, 0.15) is 5.82 Å². The van der Waals surface area contributed by atoms with Crippen LogP contribution in [-0.2, 0) is 0 Å². The number of halogens is 3. The summed E-state index contributed by atoms with van der Waals surface area (Å²) in [6, 6.07) is 3.79. The number of hydrogen-bond donors (Lipinski definition) is 0. The largest absolute Gasteiger partial charge is 0.342 e. The highest BCUT2D eigenvalue weighted by Gasteiger charge is 2.14. The number of rotatable bonds is 4. The van der Waals surface area contributed by atoms with Crippen molar-refractivity contribution in [2.45, 2.75) is 6.42 Å². The molecule has 5 heteroatoms. The van der Waals surface area contributed by atoms with E-state index in [0.717, 1.165) is 17.8 Å². The van der Waals surface area contributed by atoms with E-state index in [1.165, 1.54) is 12.1 Å². The fourth-order valence-electron chi connectivity index (χ4n) is 1.27. The number of alkyl halides is 1. The van der Waals surface area contributed by atoms with E-state index in [1.54, 1.807) is 11.9 Å². The third kappa shape index (κ3) is 3.46. The Bertz CT molecular complexity index is 386. The van der Waals surface area contributed by atoms with Gasteiger partial charge in [0.15, 0.2) is 0 Å². The summed E-state index contributed by atoms with van der Waals surface area (Å²) in [5.41, 5.74) is 0.333. The first kappa shape index (κ1) is 13.5. The van der Waals surface area contributed by atoms with Crippen molar-refractivity contribution in [3.8, 4) is 0 Å². The lowest BCUT2D eigenvalue weighted by molar-refractivity contribution is 0.0796. The van der Waals surface area contributed by atoms with Gasteiger partial charge in [-0.25, -0.2) is 4.39 Å². The molecule has 0 bridgehead atoms. The lowest BCUT2D eigenvalue weighted by Gasteiger charge is -2.17. The van der Waals surface area contributed by atoms with Crippen LogP contribution in [0.2, 0.25) is 5.02 Å². The molecule has 0 aliphatic heterocycles. The molecule has 0 aliphatic rings. The van der Waals surface area contributed by atoms with Crippen LogP contribution in [0.1, 0.15) is 16.8 Å². The van der Waals surface area contributed by atoms with E-state index in [1.807, 2.05) is 0 Å². The molecule has 16 heavy (non-hydrogen) atoms. The van der Waals surface area contributed by atoms with E-state index < -0.39 is 5.82 Å². The van der Waals surface area contributed by atoms with Gasteiger partial charge in [-0.3, -0.25) is 4.79 Å². The van der Waals surface area contributed by atoms with Crippen molar-refractivity contribution in [2.24, 2.45) is 0 Å². The molecule has 0 saturated carbocycles. The molecule has 1 aromatic carbocycles.